The molecule has 8 nitrogen and oxygen atoms in total. The second-order valence-electron chi connectivity index (χ2n) is 5.28. The maximum Gasteiger partial charge on any atom is 0.333 e. The molecule has 1 N–H and O–H groups in total. The highest BCUT2D eigenvalue weighted by Gasteiger charge is 2.26. The second kappa shape index (κ2) is 5.94. The molecule has 21 heavy (non-hydrogen) atoms. The lowest BCUT2D eigenvalue weighted by molar-refractivity contribution is -0.384. The number of aromatic nitrogens is 4. The molecule has 0 aromatic carbocycles. The van der Waals surface area contributed by atoms with Crippen LogP contribution in [0.25, 0.3) is 0 Å². The molecule has 2 aromatic rings. The third kappa shape index (κ3) is 3.21. The van der Waals surface area contributed by atoms with E-state index in [2.05, 4.69) is 15.5 Å². The van der Waals surface area contributed by atoms with Crippen LogP contribution < -0.4 is 5.32 Å². The largest absolute Gasteiger partial charge is 0.364 e. The fraction of sp³-hybridized carbons (Fsp3) is 0.538. The number of aryl methyl sites for hydroxylation is 2. The molecule has 0 aliphatic heterocycles. The molecular weight excluding hydrogens is 272 g/mol. The normalized spacial score (nSPS) is 11.1. The van der Waals surface area contributed by atoms with Crippen LogP contribution in [0.3, 0.4) is 0 Å². The van der Waals surface area contributed by atoms with E-state index < -0.39 is 0 Å². The Morgan fingerprint density at radius 2 is 2.19 bits per heavy atom. The van der Waals surface area contributed by atoms with Gasteiger partial charge in [0.05, 0.1) is 11.1 Å². The number of hydrogen-bond acceptors (Lipinski definition) is 5. The van der Waals surface area contributed by atoms with Crippen molar-refractivity contribution >= 4 is 11.5 Å². The van der Waals surface area contributed by atoms with Crippen molar-refractivity contribution in [1.29, 1.82) is 0 Å². The summed E-state index contributed by atoms with van der Waals surface area (Å²) in [7, 11) is 1.86. The minimum absolute atomic E-state index is 0.0508. The quantitative estimate of drug-likeness (QED) is 0.650. The molecule has 0 saturated heterocycles. The summed E-state index contributed by atoms with van der Waals surface area (Å²) in [6.07, 6.45) is 4.47. The van der Waals surface area contributed by atoms with E-state index in [0.29, 0.717) is 18.1 Å². The van der Waals surface area contributed by atoms with E-state index in [1.807, 2.05) is 27.1 Å². The predicted octanol–water partition coefficient (Wildman–Crippen LogP) is 2.07. The highest BCUT2D eigenvalue weighted by molar-refractivity contribution is 5.59. The Morgan fingerprint density at radius 1 is 1.48 bits per heavy atom. The Labute approximate surface area is 122 Å². The Balaban J connectivity index is 2.15. The third-order valence-electron chi connectivity index (χ3n) is 3.19. The zero-order valence-corrected chi connectivity index (χ0v) is 12.7. The lowest BCUT2D eigenvalue weighted by Crippen LogP contribution is -2.13. The fourth-order valence-electron chi connectivity index (χ4n) is 2.22. The summed E-state index contributed by atoms with van der Waals surface area (Å²) in [5.74, 6) is 0.469. The highest BCUT2D eigenvalue weighted by atomic mass is 16.6. The zero-order chi connectivity index (χ0) is 15.6. The molecule has 0 fully saturated rings. The molecule has 2 heterocycles. The van der Waals surface area contributed by atoms with Gasteiger partial charge in [0.15, 0.2) is 0 Å². The molecule has 0 aliphatic rings. The Bertz CT molecular complexity index is 643. The molecule has 0 bridgehead atoms. The number of nitrogens with zero attached hydrogens (tertiary/aromatic N) is 5. The molecular formula is C13H20N6O2. The van der Waals surface area contributed by atoms with Gasteiger partial charge < -0.3 is 5.32 Å². The number of nitrogens with one attached hydrogen (secondary N) is 1. The first-order valence-corrected chi connectivity index (χ1v) is 6.85. The number of hydrogen-bond donors (Lipinski definition) is 1. The average molecular weight is 292 g/mol. The van der Waals surface area contributed by atoms with Crippen molar-refractivity contribution in [2.45, 2.75) is 33.2 Å². The van der Waals surface area contributed by atoms with Gasteiger partial charge in [-0.3, -0.25) is 14.8 Å². The highest BCUT2D eigenvalue weighted by Crippen LogP contribution is 2.30. The molecule has 2 rings (SSSR count). The summed E-state index contributed by atoms with van der Waals surface area (Å²) in [4.78, 5) is 10.8. The monoisotopic (exact) mass is 292 g/mol. The van der Waals surface area contributed by atoms with Crippen LogP contribution in [0.4, 0.5) is 11.5 Å². The first kappa shape index (κ1) is 15.0. The standard InChI is InChI=1S/C13H20N6O2/c1-9(2)18-13(12(19(20)21)10(3)16-18)14-6-5-11-7-15-17(4)8-11/h7-9,14H,5-6H2,1-4H3. The summed E-state index contributed by atoms with van der Waals surface area (Å²) < 4.78 is 3.40. The molecule has 8 heteroatoms. The van der Waals surface area contributed by atoms with E-state index >= 15 is 0 Å². The van der Waals surface area contributed by atoms with Crippen molar-refractivity contribution in [3.05, 3.63) is 33.8 Å². The summed E-state index contributed by atoms with van der Waals surface area (Å²) in [6, 6.07) is 0.0540. The SMILES string of the molecule is Cc1nn(C(C)C)c(NCCc2cnn(C)c2)c1[N+](=O)[O-]. The molecule has 0 amide bonds. The Morgan fingerprint density at radius 3 is 2.71 bits per heavy atom. The van der Waals surface area contributed by atoms with Gasteiger partial charge in [0.1, 0.15) is 5.69 Å². The molecule has 0 aliphatic carbocycles. The van der Waals surface area contributed by atoms with Crippen molar-refractivity contribution in [2.75, 3.05) is 11.9 Å². The van der Waals surface area contributed by atoms with Gasteiger partial charge in [0.2, 0.25) is 5.82 Å². The van der Waals surface area contributed by atoms with Crippen molar-refractivity contribution in [1.82, 2.24) is 19.6 Å². The van der Waals surface area contributed by atoms with Crippen molar-refractivity contribution in [2.24, 2.45) is 7.05 Å². The summed E-state index contributed by atoms with van der Waals surface area (Å²) in [5, 5.41) is 22.7. The van der Waals surface area contributed by atoms with Crippen LogP contribution in [0.2, 0.25) is 0 Å². The van der Waals surface area contributed by atoms with E-state index in [0.717, 1.165) is 12.0 Å². The molecule has 114 valence electrons. The van der Waals surface area contributed by atoms with E-state index in [9.17, 15) is 10.1 Å². The summed E-state index contributed by atoms with van der Waals surface area (Å²) in [6.45, 7) is 6.14. The van der Waals surface area contributed by atoms with E-state index in [1.54, 1.807) is 22.5 Å². The van der Waals surface area contributed by atoms with Gasteiger partial charge in [0.25, 0.3) is 0 Å². The summed E-state index contributed by atoms with van der Waals surface area (Å²) in [5.41, 5.74) is 1.56. The zero-order valence-electron chi connectivity index (χ0n) is 12.7. The van der Waals surface area contributed by atoms with Gasteiger partial charge >= 0.3 is 5.69 Å². The van der Waals surface area contributed by atoms with Crippen molar-refractivity contribution in [3.63, 3.8) is 0 Å². The second-order valence-corrected chi connectivity index (χ2v) is 5.28. The van der Waals surface area contributed by atoms with Crippen molar-refractivity contribution in [3.8, 4) is 0 Å². The van der Waals surface area contributed by atoms with Gasteiger partial charge in [-0.1, -0.05) is 0 Å². The molecule has 2 aromatic heterocycles. The first-order chi connectivity index (χ1) is 9.90. The topological polar surface area (TPSA) is 90.8 Å². The van der Waals surface area contributed by atoms with Gasteiger partial charge in [0, 0.05) is 25.8 Å². The van der Waals surface area contributed by atoms with Gasteiger partial charge in [-0.25, -0.2) is 4.68 Å². The van der Waals surface area contributed by atoms with Gasteiger partial charge in [-0.2, -0.15) is 10.2 Å². The smallest absolute Gasteiger partial charge is 0.333 e. The molecule has 0 unspecified atom stereocenters. The minimum atomic E-state index is -0.381. The predicted molar refractivity (Wildman–Crippen MR) is 79.4 cm³/mol. The Kier molecular flexibility index (Phi) is 4.25. The fourth-order valence-corrected chi connectivity index (χ4v) is 2.22. The number of nitro groups is 1. The maximum atomic E-state index is 11.2. The van der Waals surface area contributed by atoms with Crippen molar-refractivity contribution < 1.29 is 4.92 Å². The molecule has 0 atom stereocenters. The minimum Gasteiger partial charge on any atom is -0.364 e. The van der Waals surface area contributed by atoms with Crippen LogP contribution in [0.1, 0.15) is 31.1 Å². The Hall–Kier alpha value is -2.38. The van der Waals surface area contributed by atoms with Crippen LogP contribution in [-0.4, -0.2) is 31.0 Å². The van der Waals surface area contributed by atoms with Crippen LogP contribution >= 0.6 is 0 Å². The van der Waals surface area contributed by atoms with Crippen LogP contribution in [0.15, 0.2) is 12.4 Å². The van der Waals surface area contributed by atoms with Crippen LogP contribution in [-0.2, 0) is 13.5 Å². The molecule has 0 radical (unpaired) electrons. The lowest BCUT2D eigenvalue weighted by atomic mass is 10.2. The average Bonchev–Trinajstić information content (AvgIpc) is 2.93. The summed E-state index contributed by atoms with van der Waals surface area (Å²) >= 11 is 0. The third-order valence-corrected chi connectivity index (χ3v) is 3.19. The van der Waals surface area contributed by atoms with Crippen LogP contribution in [0, 0.1) is 17.0 Å². The molecule has 0 spiro atoms. The first-order valence-electron chi connectivity index (χ1n) is 6.85. The van der Waals surface area contributed by atoms with E-state index in [4.69, 9.17) is 0 Å². The molecule has 0 saturated carbocycles. The van der Waals surface area contributed by atoms with E-state index in [1.165, 1.54) is 0 Å². The lowest BCUT2D eigenvalue weighted by Gasteiger charge is -2.11. The van der Waals surface area contributed by atoms with E-state index in [-0.39, 0.29) is 16.7 Å². The number of anilines is 1. The van der Waals surface area contributed by atoms with Crippen LogP contribution in [0.5, 0.6) is 0 Å². The van der Waals surface area contributed by atoms with Gasteiger partial charge in [-0.05, 0) is 32.8 Å². The number of rotatable bonds is 6. The van der Waals surface area contributed by atoms with Gasteiger partial charge in [-0.15, -0.1) is 0 Å². The maximum absolute atomic E-state index is 11.2.